The summed E-state index contributed by atoms with van der Waals surface area (Å²) in [5, 5.41) is 9.44. The number of likely N-dealkylation sites (tertiary alicyclic amines) is 1. The third-order valence-corrected chi connectivity index (χ3v) is 4.48. The van der Waals surface area contributed by atoms with E-state index >= 15 is 0 Å². The predicted octanol–water partition coefficient (Wildman–Crippen LogP) is 1.51. The molecule has 5 nitrogen and oxygen atoms in total. The number of hydrogen-bond acceptors (Lipinski definition) is 3. The van der Waals surface area contributed by atoms with E-state index in [4.69, 9.17) is 4.74 Å². The van der Waals surface area contributed by atoms with Crippen LogP contribution in [0.4, 0.5) is 0 Å². The summed E-state index contributed by atoms with van der Waals surface area (Å²) in [5.41, 5.74) is -0.744. The number of carboxylic acid groups (broad SMARTS) is 1. The monoisotopic (exact) mass is 269 g/mol. The minimum absolute atomic E-state index is 0.0239. The van der Waals surface area contributed by atoms with E-state index in [2.05, 4.69) is 0 Å². The number of rotatable bonds is 4. The molecule has 0 saturated carbocycles. The van der Waals surface area contributed by atoms with Gasteiger partial charge in [-0.2, -0.15) is 0 Å². The lowest BCUT2D eigenvalue weighted by Crippen LogP contribution is -2.42. The van der Waals surface area contributed by atoms with E-state index in [0.717, 1.165) is 12.8 Å². The van der Waals surface area contributed by atoms with Gasteiger partial charge in [-0.05, 0) is 25.2 Å². The SMILES string of the molecule is CCCC1(C(=O)O)CCN(C(=O)C2OCCC2C)C1. The van der Waals surface area contributed by atoms with Crippen LogP contribution in [0.3, 0.4) is 0 Å². The lowest BCUT2D eigenvalue weighted by atomic mass is 9.83. The maximum Gasteiger partial charge on any atom is 0.311 e. The summed E-state index contributed by atoms with van der Waals surface area (Å²) in [7, 11) is 0. The van der Waals surface area contributed by atoms with Gasteiger partial charge in [0.2, 0.25) is 0 Å². The smallest absolute Gasteiger partial charge is 0.311 e. The fraction of sp³-hybridized carbons (Fsp3) is 0.857. The maximum atomic E-state index is 12.4. The van der Waals surface area contributed by atoms with Crippen LogP contribution < -0.4 is 0 Å². The first-order valence-electron chi connectivity index (χ1n) is 7.14. The van der Waals surface area contributed by atoms with Gasteiger partial charge in [0, 0.05) is 19.7 Å². The molecule has 2 rings (SSSR count). The minimum Gasteiger partial charge on any atom is -0.481 e. The predicted molar refractivity (Wildman–Crippen MR) is 69.7 cm³/mol. The topological polar surface area (TPSA) is 66.8 Å². The Labute approximate surface area is 113 Å². The Hall–Kier alpha value is -1.10. The summed E-state index contributed by atoms with van der Waals surface area (Å²) >= 11 is 0. The molecule has 2 heterocycles. The van der Waals surface area contributed by atoms with E-state index in [1.54, 1.807) is 4.90 Å². The zero-order chi connectivity index (χ0) is 14.0. The summed E-state index contributed by atoms with van der Waals surface area (Å²) in [4.78, 5) is 25.6. The lowest BCUT2D eigenvalue weighted by Gasteiger charge is -2.26. The molecule has 1 N–H and O–H groups in total. The van der Waals surface area contributed by atoms with Gasteiger partial charge in [-0.25, -0.2) is 0 Å². The van der Waals surface area contributed by atoms with Gasteiger partial charge in [0.15, 0.2) is 0 Å². The normalized spacial score (nSPS) is 34.7. The second kappa shape index (κ2) is 5.49. The highest BCUT2D eigenvalue weighted by Gasteiger charge is 2.47. The van der Waals surface area contributed by atoms with Crippen LogP contribution in [0.1, 0.15) is 39.5 Å². The van der Waals surface area contributed by atoms with Gasteiger partial charge in [0.25, 0.3) is 5.91 Å². The molecule has 108 valence electrons. The largest absolute Gasteiger partial charge is 0.481 e. The zero-order valence-electron chi connectivity index (χ0n) is 11.7. The summed E-state index contributed by atoms with van der Waals surface area (Å²) in [5.74, 6) is -0.562. The first-order valence-corrected chi connectivity index (χ1v) is 7.14. The first kappa shape index (κ1) is 14.3. The molecule has 5 heteroatoms. The quantitative estimate of drug-likeness (QED) is 0.840. The molecule has 3 atom stereocenters. The van der Waals surface area contributed by atoms with Crippen LogP contribution in [0.5, 0.6) is 0 Å². The molecule has 0 bridgehead atoms. The average molecular weight is 269 g/mol. The first-order chi connectivity index (χ1) is 9.00. The molecule has 0 radical (unpaired) electrons. The van der Waals surface area contributed by atoms with Crippen LogP contribution in [-0.2, 0) is 14.3 Å². The van der Waals surface area contributed by atoms with Crippen LogP contribution in [0.2, 0.25) is 0 Å². The Kier molecular flexibility index (Phi) is 4.13. The molecular weight excluding hydrogens is 246 g/mol. The Balaban J connectivity index is 2.04. The van der Waals surface area contributed by atoms with Crippen LogP contribution in [-0.4, -0.2) is 47.7 Å². The number of amides is 1. The highest BCUT2D eigenvalue weighted by molar-refractivity contribution is 5.84. The van der Waals surface area contributed by atoms with Crippen LogP contribution in [0.15, 0.2) is 0 Å². The summed E-state index contributed by atoms with van der Waals surface area (Å²) < 4.78 is 5.49. The van der Waals surface area contributed by atoms with Gasteiger partial charge in [-0.1, -0.05) is 20.3 Å². The number of carbonyl (C=O) groups excluding carboxylic acids is 1. The number of hydrogen-bond donors (Lipinski definition) is 1. The van der Waals surface area contributed by atoms with E-state index in [1.165, 1.54) is 0 Å². The summed E-state index contributed by atoms with van der Waals surface area (Å²) in [6, 6.07) is 0. The number of aliphatic carboxylic acids is 1. The number of carboxylic acids is 1. The second-order valence-corrected chi connectivity index (χ2v) is 5.90. The van der Waals surface area contributed by atoms with Crippen molar-refractivity contribution in [3.63, 3.8) is 0 Å². The molecule has 0 aromatic rings. The Morgan fingerprint density at radius 1 is 1.47 bits per heavy atom. The van der Waals surface area contributed by atoms with Crippen molar-refractivity contribution in [3.05, 3.63) is 0 Å². The van der Waals surface area contributed by atoms with Crippen LogP contribution in [0.25, 0.3) is 0 Å². The van der Waals surface area contributed by atoms with E-state index < -0.39 is 11.4 Å². The Morgan fingerprint density at radius 3 is 2.74 bits per heavy atom. The van der Waals surface area contributed by atoms with E-state index in [0.29, 0.717) is 32.5 Å². The highest BCUT2D eigenvalue weighted by atomic mass is 16.5. The molecule has 2 saturated heterocycles. The van der Waals surface area contributed by atoms with Gasteiger partial charge < -0.3 is 14.7 Å². The minimum atomic E-state index is -0.773. The molecule has 2 fully saturated rings. The van der Waals surface area contributed by atoms with Crippen molar-refractivity contribution < 1.29 is 19.4 Å². The molecule has 0 aromatic carbocycles. The zero-order valence-corrected chi connectivity index (χ0v) is 11.7. The molecule has 2 aliphatic rings. The molecular formula is C14H23NO4. The fourth-order valence-electron chi connectivity index (χ4n) is 3.22. The summed E-state index contributed by atoms with van der Waals surface area (Å²) in [6.07, 6.45) is 2.55. The van der Waals surface area contributed by atoms with Crippen molar-refractivity contribution in [2.24, 2.45) is 11.3 Å². The van der Waals surface area contributed by atoms with Crippen LogP contribution in [0, 0.1) is 11.3 Å². The maximum absolute atomic E-state index is 12.4. The third-order valence-electron chi connectivity index (χ3n) is 4.48. The van der Waals surface area contributed by atoms with E-state index in [9.17, 15) is 14.7 Å². The number of nitrogens with zero attached hydrogens (tertiary/aromatic N) is 1. The molecule has 2 aliphatic heterocycles. The van der Waals surface area contributed by atoms with Crippen LogP contribution >= 0.6 is 0 Å². The van der Waals surface area contributed by atoms with Gasteiger partial charge >= 0.3 is 5.97 Å². The molecule has 0 spiro atoms. The second-order valence-electron chi connectivity index (χ2n) is 5.90. The highest BCUT2D eigenvalue weighted by Crippen LogP contribution is 2.36. The van der Waals surface area contributed by atoms with Crippen molar-refractivity contribution in [1.29, 1.82) is 0 Å². The molecule has 0 aromatic heterocycles. The average Bonchev–Trinajstić information content (AvgIpc) is 2.96. The van der Waals surface area contributed by atoms with Crippen molar-refractivity contribution in [2.45, 2.75) is 45.6 Å². The Bertz CT molecular complexity index is 370. The van der Waals surface area contributed by atoms with Crippen molar-refractivity contribution in [3.8, 4) is 0 Å². The third kappa shape index (κ3) is 2.61. The van der Waals surface area contributed by atoms with E-state index in [1.807, 2.05) is 13.8 Å². The molecule has 1 amide bonds. The summed E-state index contributed by atoms with van der Waals surface area (Å²) in [6.45, 7) is 5.50. The van der Waals surface area contributed by atoms with Gasteiger partial charge in [0.1, 0.15) is 6.10 Å². The fourth-order valence-corrected chi connectivity index (χ4v) is 3.22. The van der Waals surface area contributed by atoms with Crippen molar-refractivity contribution in [2.75, 3.05) is 19.7 Å². The molecule has 19 heavy (non-hydrogen) atoms. The van der Waals surface area contributed by atoms with Gasteiger partial charge in [-0.15, -0.1) is 0 Å². The molecule has 0 aliphatic carbocycles. The van der Waals surface area contributed by atoms with E-state index in [-0.39, 0.29) is 17.9 Å². The van der Waals surface area contributed by atoms with Gasteiger partial charge in [-0.3, -0.25) is 9.59 Å². The van der Waals surface area contributed by atoms with Crippen molar-refractivity contribution >= 4 is 11.9 Å². The standard InChI is InChI=1S/C14H23NO4/c1-3-5-14(13(17)18)6-7-15(9-14)12(16)11-10(2)4-8-19-11/h10-11H,3-9H2,1-2H3,(H,17,18). The lowest BCUT2D eigenvalue weighted by molar-refractivity contribution is -0.150. The van der Waals surface area contributed by atoms with Gasteiger partial charge in [0.05, 0.1) is 5.41 Å². The molecule has 3 unspecified atom stereocenters. The van der Waals surface area contributed by atoms with Crippen molar-refractivity contribution in [1.82, 2.24) is 4.90 Å². The Morgan fingerprint density at radius 2 is 2.21 bits per heavy atom. The number of carbonyl (C=O) groups is 2. The number of ether oxygens (including phenoxy) is 1.